The van der Waals surface area contributed by atoms with Gasteiger partial charge in [-0.3, -0.25) is 4.90 Å². The van der Waals surface area contributed by atoms with Gasteiger partial charge in [-0.15, -0.1) is 0 Å². The topological polar surface area (TPSA) is 15.3 Å². The van der Waals surface area contributed by atoms with Gasteiger partial charge < -0.3 is 5.32 Å². The lowest BCUT2D eigenvalue weighted by atomic mass is 10.0. The predicted octanol–water partition coefficient (Wildman–Crippen LogP) is 3.99. The third kappa shape index (κ3) is 3.62. The third-order valence-electron chi connectivity index (χ3n) is 4.63. The van der Waals surface area contributed by atoms with Crippen LogP contribution >= 0.6 is 0 Å². The van der Waals surface area contributed by atoms with Gasteiger partial charge in [-0.25, -0.2) is 0 Å². The Labute approximate surface area is 124 Å². The van der Waals surface area contributed by atoms with Gasteiger partial charge in [-0.05, 0) is 44.7 Å². The van der Waals surface area contributed by atoms with Crippen molar-refractivity contribution in [3.05, 3.63) is 35.9 Å². The highest BCUT2D eigenvalue weighted by atomic mass is 15.2. The van der Waals surface area contributed by atoms with E-state index in [1.807, 2.05) is 0 Å². The number of hydrogen-bond donors (Lipinski definition) is 1. The molecule has 1 aromatic rings. The van der Waals surface area contributed by atoms with Crippen LogP contribution in [0.25, 0.3) is 0 Å². The molecule has 1 aromatic carbocycles. The summed E-state index contributed by atoms with van der Waals surface area (Å²) < 4.78 is 0. The predicted molar refractivity (Wildman–Crippen MR) is 87.0 cm³/mol. The fourth-order valence-electron chi connectivity index (χ4n) is 3.55. The Morgan fingerprint density at radius 3 is 2.60 bits per heavy atom. The van der Waals surface area contributed by atoms with Crippen LogP contribution in [0, 0.1) is 0 Å². The molecule has 3 unspecified atom stereocenters. The number of hydrogen-bond acceptors (Lipinski definition) is 2. The molecule has 1 heterocycles. The van der Waals surface area contributed by atoms with Crippen LogP contribution in [-0.4, -0.2) is 30.1 Å². The molecule has 112 valence electrons. The van der Waals surface area contributed by atoms with E-state index < -0.39 is 0 Å². The molecule has 2 heteroatoms. The maximum absolute atomic E-state index is 3.63. The Hall–Kier alpha value is -0.860. The zero-order chi connectivity index (χ0) is 14.4. The van der Waals surface area contributed by atoms with Crippen LogP contribution in [0.3, 0.4) is 0 Å². The van der Waals surface area contributed by atoms with Gasteiger partial charge in [0.1, 0.15) is 0 Å². The number of benzene rings is 1. The summed E-state index contributed by atoms with van der Waals surface area (Å²) in [6.45, 7) is 9.14. The molecule has 0 aromatic heterocycles. The minimum atomic E-state index is 0.519. The molecule has 20 heavy (non-hydrogen) atoms. The molecule has 0 saturated carbocycles. The maximum atomic E-state index is 3.63. The van der Waals surface area contributed by atoms with Gasteiger partial charge in [0.2, 0.25) is 0 Å². The Bertz CT molecular complexity index is 376. The van der Waals surface area contributed by atoms with Gasteiger partial charge in [-0.1, -0.05) is 44.2 Å². The summed E-state index contributed by atoms with van der Waals surface area (Å²) in [5, 5.41) is 3.63. The molecule has 3 atom stereocenters. The fourth-order valence-corrected chi connectivity index (χ4v) is 3.55. The fraction of sp³-hybridized carbons (Fsp3) is 0.667. The van der Waals surface area contributed by atoms with Gasteiger partial charge in [0, 0.05) is 24.7 Å². The van der Waals surface area contributed by atoms with Gasteiger partial charge in [0.05, 0.1) is 0 Å². The van der Waals surface area contributed by atoms with E-state index in [0.29, 0.717) is 12.1 Å². The molecule has 0 spiro atoms. The van der Waals surface area contributed by atoms with Crippen molar-refractivity contribution in [2.45, 2.75) is 64.6 Å². The summed E-state index contributed by atoms with van der Waals surface area (Å²) in [4.78, 5) is 2.76. The first-order chi connectivity index (χ1) is 9.77. The number of likely N-dealkylation sites (tertiary alicyclic amines) is 1. The van der Waals surface area contributed by atoms with E-state index in [9.17, 15) is 0 Å². The highest BCUT2D eigenvalue weighted by molar-refractivity contribution is 5.20. The van der Waals surface area contributed by atoms with Crippen molar-refractivity contribution in [1.82, 2.24) is 10.2 Å². The van der Waals surface area contributed by atoms with Crippen LogP contribution in [0.4, 0.5) is 0 Å². The van der Waals surface area contributed by atoms with Crippen LogP contribution in [0.1, 0.15) is 58.1 Å². The lowest BCUT2D eigenvalue weighted by Gasteiger charge is -2.36. The summed E-state index contributed by atoms with van der Waals surface area (Å²) in [6.07, 6.45) is 5.17. The molecule has 0 aliphatic carbocycles. The van der Waals surface area contributed by atoms with E-state index in [1.54, 1.807) is 0 Å². The molecule has 1 fully saturated rings. The van der Waals surface area contributed by atoms with E-state index in [4.69, 9.17) is 0 Å². The molecule has 0 radical (unpaired) electrons. The molecule has 2 nitrogen and oxygen atoms in total. The van der Waals surface area contributed by atoms with E-state index in [-0.39, 0.29) is 0 Å². The summed E-state index contributed by atoms with van der Waals surface area (Å²) in [7, 11) is 0. The molecule has 0 amide bonds. The van der Waals surface area contributed by atoms with Crippen LogP contribution in [-0.2, 0) is 0 Å². The second-order valence-corrected chi connectivity index (χ2v) is 6.07. The summed E-state index contributed by atoms with van der Waals surface area (Å²) in [5.41, 5.74) is 1.46. The molecule has 1 aliphatic heterocycles. The van der Waals surface area contributed by atoms with Crippen molar-refractivity contribution in [2.24, 2.45) is 0 Å². The van der Waals surface area contributed by atoms with Crippen LogP contribution in [0.2, 0.25) is 0 Å². The van der Waals surface area contributed by atoms with E-state index >= 15 is 0 Å². The maximum Gasteiger partial charge on any atom is 0.0478 e. The van der Waals surface area contributed by atoms with E-state index in [1.165, 1.54) is 31.2 Å². The first kappa shape index (κ1) is 15.5. The molecular weight excluding hydrogens is 244 g/mol. The molecule has 2 rings (SSSR count). The second-order valence-electron chi connectivity index (χ2n) is 6.07. The van der Waals surface area contributed by atoms with Crippen molar-refractivity contribution >= 4 is 0 Å². The van der Waals surface area contributed by atoms with Gasteiger partial charge in [0.25, 0.3) is 0 Å². The monoisotopic (exact) mass is 274 g/mol. The Morgan fingerprint density at radius 1 is 1.20 bits per heavy atom. The van der Waals surface area contributed by atoms with Gasteiger partial charge in [-0.2, -0.15) is 0 Å². The van der Waals surface area contributed by atoms with Crippen molar-refractivity contribution < 1.29 is 0 Å². The Balaban J connectivity index is 2.16. The van der Waals surface area contributed by atoms with Crippen LogP contribution in [0.15, 0.2) is 30.3 Å². The summed E-state index contributed by atoms with van der Waals surface area (Å²) in [6, 6.07) is 13.0. The quantitative estimate of drug-likeness (QED) is 0.756. The molecular formula is C18H30N2. The molecule has 1 saturated heterocycles. The molecule has 1 N–H and O–H groups in total. The lowest BCUT2D eigenvalue weighted by molar-refractivity contribution is 0.130. The largest absolute Gasteiger partial charge is 0.315 e. The summed E-state index contributed by atoms with van der Waals surface area (Å²) >= 11 is 0. The second kappa shape index (κ2) is 7.80. The van der Waals surface area contributed by atoms with Crippen molar-refractivity contribution in [2.75, 3.05) is 13.1 Å². The van der Waals surface area contributed by atoms with E-state index in [0.717, 1.165) is 19.1 Å². The van der Waals surface area contributed by atoms with Gasteiger partial charge >= 0.3 is 0 Å². The normalized spacial score (nSPS) is 24.9. The van der Waals surface area contributed by atoms with Crippen LogP contribution in [0.5, 0.6) is 0 Å². The minimum Gasteiger partial charge on any atom is -0.315 e. The Kier molecular flexibility index (Phi) is 6.06. The number of nitrogens with zero attached hydrogens (tertiary/aromatic N) is 1. The average Bonchev–Trinajstić information content (AvgIpc) is 2.86. The highest BCUT2D eigenvalue weighted by Crippen LogP contribution is 2.34. The highest BCUT2D eigenvalue weighted by Gasteiger charge is 2.35. The van der Waals surface area contributed by atoms with Crippen molar-refractivity contribution in [3.63, 3.8) is 0 Å². The zero-order valence-corrected chi connectivity index (χ0v) is 13.3. The smallest absolute Gasteiger partial charge is 0.0478 e. The number of nitrogens with one attached hydrogen (secondary N) is 1. The van der Waals surface area contributed by atoms with Crippen LogP contribution < -0.4 is 5.32 Å². The lowest BCUT2D eigenvalue weighted by Crippen LogP contribution is -2.42. The first-order valence-electron chi connectivity index (χ1n) is 8.31. The van der Waals surface area contributed by atoms with Crippen molar-refractivity contribution in [1.29, 1.82) is 0 Å². The van der Waals surface area contributed by atoms with Gasteiger partial charge in [0.15, 0.2) is 0 Å². The number of rotatable bonds is 7. The average molecular weight is 274 g/mol. The summed E-state index contributed by atoms with van der Waals surface area (Å²) in [5.74, 6) is 0. The SMILES string of the molecule is CCCNCC(c1ccccc1)N1C(C)CCC1CC. The van der Waals surface area contributed by atoms with Crippen molar-refractivity contribution in [3.8, 4) is 0 Å². The third-order valence-corrected chi connectivity index (χ3v) is 4.63. The van der Waals surface area contributed by atoms with E-state index in [2.05, 4.69) is 61.3 Å². The zero-order valence-electron chi connectivity index (χ0n) is 13.3. The minimum absolute atomic E-state index is 0.519. The molecule has 0 bridgehead atoms. The first-order valence-corrected chi connectivity index (χ1v) is 8.31. The Morgan fingerprint density at radius 2 is 1.95 bits per heavy atom. The standard InChI is InChI=1S/C18H30N2/c1-4-13-19-14-18(16-9-7-6-8-10-16)20-15(3)11-12-17(20)5-2/h6-10,15,17-19H,4-5,11-14H2,1-3H3. The molecule has 1 aliphatic rings.